The molecule has 4 nitrogen and oxygen atoms in total. The summed E-state index contributed by atoms with van der Waals surface area (Å²) in [6.45, 7) is 9.78. The van der Waals surface area contributed by atoms with Crippen molar-refractivity contribution in [2.75, 3.05) is 25.7 Å². The van der Waals surface area contributed by atoms with Crippen molar-refractivity contribution >= 4 is 15.1 Å². The van der Waals surface area contributed by atoms with Gasteiger partial charge in [0.05, 0.1) is 0 Å². The van der Waals surface area contributed by atoms with Crippen LogP contribution in [0.15, 0.2) is 0 Å². The van der Waals surface area contributed by atoms with E-state index in [1.165, 1.54) is 76.8 Å². The zero-order chi connectivity index (χ0) is 18.2. The number of hydrogen-bond acceptors (Lipinski definition) is 1. The maximum Gasteiger partial charge on any atom is 0.466 e. The number of unbranched alkanes of at least 4 members (excludes halogenated alkanes) is 9. The van der Waals surface area contributed by atoms with E-state index in [0.29, 0.717) is 0 Å². The van der Waals surface area contributed by atoms with Crippen molar-refractivity contribution in [2.24, 2.45) is 0 Å². The summed E-state index contributed by atoms with van der Waals surface area (Å²) in [5.74, 6) is 0. The molecule has 0 aromatic heterocycles. The van der Waals surface area contributed by atoms with E-state index in [4.69, 9.17) is 19.2 Å². The molecule has 0 aliphatic heterocycles. The van der Waals surface area contributed by atoms with Gasteiger partial charge in [0.15, 0.2) is 0 Å². The van der Waals surface area contributed by atoms with E-state index < -0.39 is 15.1 Å². The first-order valence-electron chi connectivity index (χ1n) is 9.40. The van der Waals surface area contributed by atoms with Gasteiger partial charge in [-0.25, -0.2) is 4.57 Å². The molecule has 6 heteroatoms. The van der Waals surface area contributed by atoms with Gasteiger partial charge in [-0.15, -0.1) is 0 Å². The van der Waals surface area contributed by atoms with Gasteiger partial charge in [-0.1, -0.05) is 0 Å². The van der Waals surface area contributed by atoms with Crippen LogP contribution in [0.5, 0.6) is 0 Å². The standard InChI is InChI=1S/C17H39P.H3O4P/c1-5-7-8-9-10-11-12-13-14-15-17-18(3,4)16-6-2;1-5(2,3)4/h18H,5-17H2,1-4H3;(H3,1,2,3,4). The van der Waals surface area contributed by atoms with Crippen LogP contribution in [-0.2, 0) is 4.57 Å². The molecule has 0 saturated carbocycles. The molecule has 0 aromatic rings. The van der Waals surface area contributed by atoms with Crippen LogP contribution in [0.4, 0.5) is 0 Å². The van der Waals surface area contributed by atoms with Gasteiger partial charge in [0.25, 0.3) is 0 Å². The molecule has 0 fully saturated rings. The zero-order valence-corrected chi connectivity index (χ0v) is 17.8. The summed E-state index contributed by atoms with van der Waals surface area (Å²) < 4.78 is 8.88. The molecule has 0 amide bonds. The number of hydrogen-bond donors (Lipinski definition) is 3. The smallest absolute Gasteiger partial charge is 0.303 e. The van der Waals surface area contributed by atoms with Crippen LogP contribution >= 0.6 is 15.1 Å². The van der Waals surface area contributed by atoms with Crippen molar-refractivity contribution in [2.45, 2.75) is 84.5 Å². The van der Waals surface area contributed by atoms with Gasteiger partial charge in [-0.2, -0.15) is 0 Å². The van der Waals surface area contributed by atoms with Crippen LogP contribution in [0.25, 0.3) is 0 Å². The molecule has 3 N–H and O–H groups in total. The minimum Gasteiger partial charge on any atom is -0.303 e. The first-order valence-corrected chi connectivity index (χ1v) is 14.4. The fourth-order valence-corrected chi connectivity index (χ4v) is 5.70. The molecule has 0 aliphatic rings. The van der Waals surface area contributed by atoms with Gasteiger partial charge in [-0.3, -0.25) is 0 Å². The minimum absolute atomic E-state index is 0.794. The topological polar surface area (TPSA) is 77.8 Å². The first kappa shape index (κ1) is 25.8. The van der Waals surface area contributed by atoms with Crippen molar-refractivity contribution in [3.63, 3.8) is 0 Å². The van der Waals surface area contributed by atoms with Gasteiger partial charge in [0.1, 0.15) is 0 Å². The Balaban J connectivity index is 0. The van der Waals surface area contributed by atoms with Crippen molar-refractivity contribution in [1.82, 2.24) is 0 Å². The average Bonchev–Trinajstić information content (AvgIpc) is 2.39. The third-order valence-corrected chi connectivity index (χ3v) is 7.69. The molecule has 0 radical (unpaired) electrons. The Hall–Kier alpha value is 0.540. The SMILES string of the molecule is CCCCCCCCCCCC[PH](C)(C)CCC.O=P(O)(O)O. The van der Waals surface area contributed by atoms with Gasteiger partial charge in [-0.05, 0) is 0 Å². The van der Waals surface area contributed by atoms with E-state index in [9.17, 15) is 0 Å². The molecule has 0 unspecified atom stereocenters. The van der Waals surface area contributed by atoms with Crippen LogP contribution in [0, 0.1) is 0 Å². The van der Waals surface area contributed by atoms with Crippen LogP contribution in [0.3, 0.4) is 0 Å². The molecule has 0 aliphatic carbocycles. The second kappa shape index (κ2) is 16.0. The summed E-state index contributed by atoms with van der Waals surface area (Å²) in [4.78, 5) is 21.6. The number of phosphoric acid groups is 1. The molecule has 0 atom stereocenters. The first-order chi connectivity index (χ1) is 10.6. The van der Waals surface area contributed by atoms with Crippen molar-refractivity contribution < 1.29 is 19.2 Å². The average molecular weight is 372 g/mol. The molecule has 23 heavy (non-hydrogen) atoms. The zero-order valence-electron chi connectivity index (χ0n) is 15.9. The van der Waals surface area contributed by atoms with Gasteiger partial charge in [0.2, 0.25) is 0 Å². The van der Waals surface area contributed by atoms with Crippen LogP contribution in [0.2, 0.25) is 0 Å². The molecule has 0 rings (SSSR count). The van der Waals surface area contributed by atoms with Crippen molar-refractivity contribution in [3.05, 3.63) is 0 Å². The molecule has 144 valence electrons. The predicted octanol–water partition coefficient (Wildman–Crippen LogP) is 5.40. The van der Waals surface area contributed by atoms with Crippen LogP contribution in [0.1, 0.15) is 84.5 Å². The Morgan fingerprint density at radius 1 is 0.652 bits per heavy atom. The monoisotopic (exact) mass is 372 g/mol. The van der Waals surface area contributed by atoms with Crippen LogP contribution < -0.4 is 0 Å². The maximum atomic E-state index is 8.88. The summed E-state index contributed by atoms with van der Waals surface area (Å²) in [5.41, 5.74) is 0. The molecular formula is C17H42O4P2. The van der Waals surface area contributed by atoms with Gasteiger partial charge < -0.3 is 14.7 Å². The van der Waals surface area contributed by atoms with E-state index in [2.05, 4.69) is 27.2 Å². The Morgan fingerprint density at radius 2 is 1.00 bits per heavy atom. The van der Waals surface area contributed by atoms with E-state index in [1.807, 2.05) is 0 Å². The summed E-state index contributed by atoms with van der Waals surface area (Å²) in [6.07, 6.45) is 19.2. The van der Waals surface area contributed by atoms with Gasteiger partial charge in [0, 0.05) is 0 Å². The number of rotatable bonds is 13. The van der Waals surface area contributed by atoms with Crippen molar-refractivity contribution in [1.29, 1.82) is 0 Å². The normalized spacial score (nSPS) is 12.7. The van der Waals surface area contributed by atoms with E-state index in [-0.39, 0.29) is 0 Å². The van der Waals surface area contributed by atoms with Gasteiger partial charge >= 0.3 is 125 Å². The molecule has 0 spiro atoms. The Labute approximate surface area is 145 Å². The molecule has 0 aromatic carbocycles. The fraction of sp³-hybridized carbons (Fsp3) is 1.00. The van der Waals surface area contributed by atoms with Crippen LogP contribution in [-0.4, -0.2) is 40.3 Å². The Bertz CT molecular complexity index is 282. The summed E-state index contributed by atoms with van der Waals surface area (Å²) in [5, 5.41) is 0. The Morgan fingerprint density at radius 3 is 1.35 bits per heavy atom. The molecule has 0 saturated heterocycles. The summed E-state index contributed by atoms with van der Waals surface area (Å²) in [7, 11) is -5.43. The van der Waals surface area contributed by atoms with E-state index in [1.54, 1.807) is 6.16 Å². The fourth-order valence-electron chi connectivity index (χ4n) is 2.89. The second-order valence-electron chi connectivity index (χ2n) is 7.36. The third kappa shape index (κ3) is 30.9. The summed E-state index contributed by atoms with van der Waals surface area (Å²) in [6, 6.07) is 0. The molecule has 0 bridgehead atoms. The molecular weight excluding hydrogens is 330 g/mol. The quantitative estimate of drug-likeness (QED) is 0.299. The minimum atomic E-state index is -4.64. The van der Waals surface area contributed by atoms with Crippen molar-refractivity contribution in [3.8, 4) is 0 Å². The van der Waals surface area contributed by atoms with E-state index >= 15 is 0 Å². The predicted molar refractivity (Wildman–Crippen MR) is 106 cm³/mol. The Kier molecular flexibility index (Phi) is 18.0. The maximum absolute atomic E-state index is 8.88. The summed E-state index contributed by atoms with van der Waals surface area (Å²) >= 11 is 0. The second-order valence-corrected chi connectivity index (χ2v) is 13.7. The third-order valence-electron chi connectivity index (χ3n) is 4.13. The molecule has 0 heterocycles. The largest absolute Gasteiger partial charge is 0.466 e. The van der Waals surface area contributed by atoms with E-state index in [0.717, 1.165) is 0 Å².